The van der Waals surface area contributed by atoms with Gasteiger partial charge in [0.15, 0.2) is 5.76 Å². The van der Waals surface area contributed by atoms with Crippen LogP contribution in [-0.2, 0) is 7.05 Å². The van der Waals surface area contributed by atoms with Crippen molar-refractivity contribution in [3.8, 4) is 22.8 Å². The van der Waals surface area contributed by atoms with Crippen molar-refractivity contribution in [2.45, 2.75) is 0 Å². The molecule has 0 saturated heterocycles. The van der Waals surface area contributed by atoms with Crippen molar-refractivity contribution in [3.05, 3.63) is 83.9 Å². The third-order valence-corrected chi connectivity index (χ3v) is 5.54. The Morgan fingerprint density at radius 3 is 2.81 bits per heavy atom. The molecule has 0 spiro atoms. The fourth-order valence-electron chi connectivity index (χ4n) is 4.12. The molecular weight excluding hydrogens is 392 g/mol. The van der Waals surface area contributed by atoms with Gasteiger partial charge in [0.1, 0.15) is 34.1 Å². The summed E-state index contributed by atoms with van der Waals surface area (Å²) >= 11 is 0. The zero-order valence-corrected chi connectivity index (χ0v) is 16.5. The van der Waals surface area contributed by atoms with Gasteiger partial charge in [-0.1, -0.05) is 24.3 Å². The Bertz CT molecular complexity index is 1520. The fraction of sp³-hybridized carbons (Fsp3) is 0.0400. The van der Waals surface area contributed by atoms with E-state index < -0.39 is 0 Å². The zero-order chi connectivity index (χ0) is 21.1. The third kappa shape index (κ3) is 2.58. The number of carbonyl (C=O) groups excluding carboxylic acids is 1. The maximum absolute atomic E-state index is 12.8. The maximum Gasteiger partial charge on any atom is 0.235 e. The number of aromatic nitrogens is 2. The van der Waals surface area contributed by atoms with Gasteiger partial charge >= 0.3 is 0 Å². The molecule has 0 amide bonds. The number of nitrogens with zero attached hydrogens (tertiary/aromatic N) is 2. The van der Waals surface area contributed by atoms with Crippen LogP contribution >= 0.6 is 0 Å². The van der Waals surface area contributed by atoms with Crippen LogP contribution < -0.4 is 4.74 Å². The molecule has 0 bridgehead atoms. The van der Waals surface area contributed by atoms with Crippen molar-refractivity contribution in [2.24, 2.45) is 7.05 Å². The monoisotopic (exact) mass is 408 g/mol. The Hall–Kier alpha value is -4.32. The van der Waals surface area contributed by atoms with Gasteiger partial charge in [-0.2, -0.15) is 0 Å². The minimum absolute atomic E-state index is 0.0894. The number of ketones is 1. The molecular formula is C25H16N2O4. The standard InChI is InChI=1S/C25H16N2O4/c1-27-13-15(12-21-24(29)23-17(28)6-4-8-19(23)31-21)22-16(9-10-26-25(22)27)20-11-14-5-2-3-7-18(14)30-20/h2-13,28H,1H3/b21-12-. The number of carbonyl (C=O) groups is 1. The van der Waals surface area contributed by atoms with Gasteiger partial charge < -0.3 is 18.8 Å². The molecule has 6 heteroatoms. The second-order valence-corrected chi connectivity index (χ2v) is 7.49. The summed E-state index contributed by atoms with van der Waals surface area (Å²) in [6.07, 6.45) is 5.33. The summed E-state index contributed by atoms with van der Waals surface area (Å²) in [5, 5.41) is 11.9. The normalized spacial score (nSPS) is 14.5. The van der Waals surface area contributed by atoms with Gasteiger partial charge in [0.05, 0.1) is 0 Å². The number of aromatic hydroxyl groups is 1. The quantitative estimate of drug-likeness (QED) is 0.401. The largest absolute Gasteiger partial charge is 0.507 e. The molecule has 3 aromatic heterocycles. The maximum atomic E-state index is 12.8. The number of phenolic OH excluding ortho intramolecular Hbond substituents is 1. The second kappa shape index (κ2) is 6.34. The van der Waals surface area contributed by atoms with Crippen LogP contribution in [0.25, 0.3) is 39.4 Å². The molecule has 5 aromatic rings. The number of aryl methyl sites for hydroxylation is 1. The van der Waals surface area contributed by atoms with Crippen molar-refractivity contribution in [3.63, 3.8) is 0 Å². The predicted octanol–water partition coefficient (Wildman–Crippen LogP) is 5.31. The van der Waals surface area contributed by atoms with Crippen molar-refractivity contribution in [2.75, 3.05) is 0 Å². The van der Waals surface area contributed by atoms with Gasteiger partial charge in [-0.25, -0.2) is 4.98 Å². The molecule has 0 radical (unpaired) electrons. The average Bonchev–Trinajstić information content (AvgIpc) is 3.43. The van der Waals surface area contributed by atoms with Crippen LogP contribution in [0, 0.1) is 0 Å². The number of rotatable bonds is 2. The Labute approximate surface area is 176 Å². The highest BCUT2D eigenvalue weighted by Crippen LogP contribution is 2.39. The third-order valence-electron chi connectivity index (χ3n) is 5.54. The van der Waals surface area contributed by atoms with Crippen LogP contribution in [-0.4, -0.2) is 20.4 Å². The molecule has 0 aliphatic carbocycles. The van der Waals surface area contributed by atoms with E-state index in [4.69, 9.17) is 9.15 Å². The minimum atomic E-state index is -0.348. The number of furan rings is 1. The SMILES string of the molecule is Cn1cc(/C=C2\Oc3cccc(O)c3C2=O)c2c(-c3cc4ccccc4o3)ccnc21. The van der Waals surface area contributed by atoms with Crippen molar-refractivity contribution < 1.29 is 19.1 Å². The second-order valence-electron chi connectivity index (χ2n) is 7.49. The first kappa shape index (κ1) is 17.5. The zero-order valence-electron chi connectivity index (χ0n) is 16.5. The number of allylic oxidation sites excluding steroid dienone is 1. The average molecular weight is 408 g/mol. The molecule has 1 aliphatic rings. The number of hydrogen-bond acceptors (Lipinski definition) is 5. The molecule has 6 rings (SSSR count). The number of phenols is 1. The summed E-state index contributed by atoms with van der Waals surface area (Å²) in [6.45, 7) is 0. The number of benzene rings is 2. The fourth-order valence-corrected chi connectivity index (χ4v) is 4.12. The van der Waals surface area contributed by atoms with Crippen LogP contribution in [0.1, 0.15) is 15.9 Å². The van der Waals surface area contributed by atoms with Gasteiger partial charge in [-0.05, 0) is 36.4 Å². The van der Waals surface area contributed by atoms with Crippen LogP contribution in [0.5, 0.6) is 11.5 Å². The van der Waals surface area contributed by atoms with Gasteiger partial charge in [-0.3, -0.25) is 4.79 Å². The van der Waals surface area contributed by atoms with E-state index in [0.29, 0.717) is 5.75 Å². The Balaban J connectivity index is 1.55. The van der Waals surface area contributed by atoms with Gasteiger partial charge in [0, 0.05) is 41.3 Å². The van der Waals surface area contributed by atoms with E-state index in [9.17, 15) is 9.90 Å². The lowest BCUT2D eigenvalue weighted by Gasteiger charge is -2.02. The van der Waals surface area contributed by atoms with E-state index in [1.165, 1.54) is 6.07 Å². The Morgan fingerprint density at radius 1 is 1.10 bits per heavy atom. The first-order valence-electron chi connectivity index (χ1n) is 9.79. The highest BCUT2D eigenvalue weighted by atomic mass is 16.5. The van der Waals surface area contributed by atoms with E-state index in [0.717, 1.165) is 38.9 Å². The summed E-state index contributed by atoms with van der Waals surface area (Å²) in [5.74, 6) is 0.794. The summed E-state index contributed by atoms with van der Waals surface area (Å²) < 4.78 is 13.7. The number of hydrogen-bond donors (Lipinski definition) is 1. The molecule has 31 heavy (non-hydrogen) atoms. The van der Waals surface area contributed by atoms with Crippen molar-refractivity contribution >= 4 is 33.9 Å². The summed E-state index contributed by atoms with van der Waals surface area (Å²) in [4.78, 5) is 17.4. The summed E-state index contributed by atoms with van der Waals surface area (Å²) in [6, 6.07) is 16.5. The molecule has 6 nitrogen and oxygen atoms in total. The first-order valence-corrected chi connectivity index (χ1v) is 9.79. The molecule has 0 saturated carbocycles. The van der Waals surface area contributed by atoms with Crippen molar-refractivity contribution in [1.82, 2.24) is 9.55 Å². The van der Waals surface area contributed by atoms with E-state index in [-0.39, 0.29) is 22.9 Å². The van der Waals surface area contributed by atoms with E-state index in [2.05, 4.69) is 4.98 Å². The Morgan fingerprint density at radius 2 is 1.97 bits per heavy atom. The smallest absolute Gasteiger partial charge is 0.235 e. The molecule has 0 atom stereocenters. The Kier molecular flexibility index (Phi) is 3.58. The van der Waals surface area contributed by atoms with Crippen LogP contribution in [0.15, 0.2) is 77.2 Å². The predicted molar refractivity (Wildman–Crippen MR) is 117 cm³/mol. The highest BCUT2D eigenvalue weighted by Gasteiger charge is 2.30. The lowest BCUT2D eigenvalue weighted by molar-refractivity contribution is 0.101. The molecule has 2 aromatic carbocycles. The topological polar surface area (TPSA) is 77.5 Å². The van der Waals surface area contributed by atoms with Crippen molar-refractivity contribution in [1.29, 1.82) is 0 Å². The molecule has 0 fully saturated rings. The van der Waals surface area contributed by atoms with Crippen LogP contribution in [0.3, 0.4) is 0 Å². The molecule has 0 unspecified atom stereocenters. The summed E-state index contributed by atoms with van der Waals surface area (Å²) in [7, 11) is 1.90. The summed E-state index contributed by atoms with van der Waals surface area (Å²) in [5.41, 5.74) is 3.40. The minimum Gasteiger partial charge on any atom is -0.507 e. The number of para-hydroxylation sites is 1. The first-order chi connectivity index (χ1) is 15.1. The lowest BCUT2D eigenvalue weighted by atomic mass is 10.0. The van der Waals surface area contributed by atoms with Gasteiger partial charge in [0.25, 0.3) is 0 Å². The lowest BCUT2D eigenvalue weighted by Crippen LogP contribution is -1.98. The molecule has 1 aliphatic heterocycles. The van der Waals surface area contributed by atoms with Gasteiger partial charge in [-0.15, -0.1) is 0 Å². The van der Waals surface area contributed by atoms with Gasteiger partial charge in [0.2, 0.25) is 5.78 Å². The van der Waals surface area contributed by atoms with E-state index >= 15 is 0 Å². The highest BCUT2D eigenvalue weighted by molar-refractivity contribution is 6.17. The van der Waals surface area contributed by atoms with E-state index in [1.807, 2.05) is 54.2 Å². The number of ether oxygens (including phenoxy) is 1. The van der Waals surface area contributed by atoms with E-state index in [1.54, 1.807) is 24.4 Å². The van der Waals surface area contributed by atoms with Crippen LogP contribution in [0.2, 0.25) is 0 Å². The molecule has 4 heterocycles. The number of fused-ring (bicyclic) bond motifs is 3. The molecule has 150 valence electrons. The molecule has 1 N–H and O–H groups in total. The number of pyridine rings is 1. The number of Topliss-reactive ketones (excluding diaryl/α,β-unsaturated/α-hetero) is 1. The van der Waals surface area contributed by atoms with Crippen LogP contribution in [0.4, 0.5) is 0 Å².